The van der Waals surface area contributed by atoms with Crippen molar-refractivity contribution in [3.63, 3.8) is 0 Å². The average Bonchev–Trinajstić information content (AvgIpc) is 3.13. The Balaban J connectivity index is 1.74. The van der Waals surface area contributed by atoms with E-state index in [2.05, 4.69) is 15.3 Å². The molecule has 1 saturated heterocycles. The monoisotopic (exact) mass is 586 g/mol. The number of pyridine rings is 1. The van der Waals surface area contributed by atoms with Crippen LogP contribution in [0.3, 0.4) is 0 Å². The molecule has 1 aromatic heterocycles. The second-order valence-electron chi connectivity index (χ2n) is 10.4. The van der Waals surface area contributed by atoms with Crippen LogP contribution >= 0.6 is 0 Å². The fraction of sp³-hybridized carbons (Fsp3) is 0.357. The Morgan fingerprint density at radius 3 is 2.40 bits per heavy atom. The number of Topliss-reactive ketones (excluding diaryl/α,β-unsaturated/α-hetero) is 1. The van der Waals surface area contributed by atoms with E-state index in [0.29, 0.717) is 0 Å². The molecule has 42 heavy (non-hydrogen) atoms. The molecule has 0 aliphatic carbocycles. The number of aromatic nitrogens is 1. The minimum atomic E-state index is -4.91. The SMILES string of the molecule is CC(C)(N)C(=O)N[C@H](COCc1ccccc1)C(=O)C1=NC=CN2C(=O)N(CC(F)(F)F)C(=O)[C@]12Cc1ccccn1. The van der Waals surface area contributed by atoms with E-state index >= 15 is 0 Å². The summed E-state index contributed by atoms with van der Waals surface area (Å²) in [4.78, 5) is 63.0. The van der Waals surface area contributed by atoms with Gasteiger partial charge in [0.15, 0.2) is 5.54 Å². The number of benzene rings is 1. The molecule has 14 heteroatoms. The van der Waals surface area contributed by atoms with Crippen LogP contribution in [0.5, 0.6) is 0 Å². The number of carbonyl (C=O) groups excluding carboxylic acids is 4. The van der Waals surface area contributed by atoms with E-state index in [-0.39, 0.29) is 17.2 Å². The van der Waals surface area contributed by atoms with Gasteiger partial charge in [-0.1, -0.05) is 36.4 Å². The van der Waals surface area contributed by atoms with E-state index in [0.717, 1.165) is 22.9 Å². The first-order valence-electron chi connectivity index (χ1n) is 12.9. The molecule has 2 aliphatic heterocycles. The zero-order valence-electron chi connectivity index (χ0n) is 22.8. The Labute approximate surface area is 239 Å². The van der Waals surface area contributed by atoms with E-state index in [1.54, 1.807) is 36.4 Å². The third-order valence-corrected chi connectivity index (χ3v) is 6.60. The second kappa shape index (κ2) is 11.8. The number of nitrogens with two attached hydrogens (primary N) is 1. The number of aliphatic imine (C=N–C) groups is 1. The maximum atomic E-state index is 14.1. The minimum absolute atomic E-state index is 0.0316. The van der Waals surface area contributed by atoms with Gasteiger partial charge in [-0.2, -0.15) is 13.2 Å². The largest absolute Gasteiger partial charge is 0.406 e. The lowest BCUT2D eigenvalue weighted by Gasteiger charge is -2.36. The van der Waals surface area contributed by atoms with Crippen LogP contribution in [0.15, 0.2) is 72.1 Å². The third kappa shape index (κ3) is 6.39. The van der Waals surface area contributed by atoms with Crippen LogP contribution in [-0.2, 0) is 32.1 Å². The zero-order valence-corrected chi connectivity index (χ0v) is 22.8. The highest BCUT2D eigenvalue weighted by atomic mass is 19.4. The molecule has 4 rings (SSSR count). The Morgan fingerprint density at radius 1 is 1.10 bits per heavy atom. The molecule has 4 amide bonds. The molecule has 3 N–H and O–H groups in total. The molecule has 2 aromatic rings. The number of ether oxygens (including phenoxy) is 1. The van der Waals surface area contributed by atoms with Crippen LogP contribution in [0.2, 0.25) is 0 Å². The smallest absolute Gasteiger partial charge is 0.374 e. The number of nitrogens with zero attached hydrogens (tertiary/aromatic N) is 4. The molecule has 0 bridgehead atoms. The van der Waals surface area contributed by atoms with Gasteiger partial charge in [0, 0.05) is 30.7 Å². The van der Waals surface area contributed by atoms with Gasteiger partial charge < -0.3 is 15.8 Å². The van der Waals surface area contributed by atoms with Gasteiger partial charge in [-0.15, -0.1) is 0 Å². The van der Waals surface area contributed by atoms with Gasteiger partial charge in [-0.05, 0) is 31.5 Å². The summed E-state index contributed by atoms with van der Waals surface area (Å²) in [6, 6.07) is 10.9. The summed E-state index contributed by atoms with van der Waals surface area (Å²) in [7, 11) is 0. The van der Waals surface area contributed by atoms with Crippen molar-refractivity contribution in [2.75, 3.05) is 13.2 Å². The van der Waals surface area contributed by atoms with Gasteiger partial charge in [-0.3, -0.25) is 34.2 Å². The van der Waals surface area contributed by atoms with Crippen LogP contribution in [0.1, 0.15) is 25.1 Å². The minimum Gasteiger partial charge on any atom is -0.374 e. The lowest BCUT2D eigenvalue weighted by Crippen LogP contribution is -2.64. The van der Waals surface area contributed by atoms with Crippen molar-refractivity contribution in [1.29, 1.82) is 0 Å². The number of nitrogens with one attached hydrogen (secondary N) is 1. The molecule has 0 saturated carbocycles. The van der Waals surface area contributed by atoms with E-state index in [9.17, 15) is 32.3 Å². The maximum absolute atomic E-state index is 14.1. The lowest BCUT2D eigenvalue weighted by atomic mass is 9.81. The van der Waals surface area contributed by atoms with Gasteiger partial charge in [0.2, 0.25) is 11.7 Å². The first-order chi connectivity index (χ1) is 19.7. The van der Waals surface area contributed by atoms with Gasteiger partial charge in [0.25, 0.3) is 5.91 Å². The molecule has 1 aromatic carbocycles. The van der Waals surface area contributed by atoms with Crippen molar-refractivity contribution in [3.8, 4) is 0 Å². The standard InChI is InChI=1S/C28H29F3N6O5/c1-26(2,32)23(39)35-20(16-42-15-18-8-4-3-5-9-18)21(38)22-27(14-19-10-6-7-11-33-19)24(40)36(17-28(29,30)31)25(41)37(27)13-12-34-22/h3-13,20H,14-17,32H2,1-2H3,(H,35,39)/t20-,27+/m1/s1. The Morgan fingerprint density at radius 2 is 1.79 bits per heavy atom. The molecular formula is C28H29F3N6O5. The molecular weight excluding hydrogens is 557 g/mol. The molecule has 3 heterocycles. The lowest BCUT2D eigenvalue weighted by molar-refractivity contribution is -0.154. The summed E-state index contributed by atoms with van der Waals surface area (Å²) in [5.74, 6) is -2.98. The van der Waals surface area contributed by atoms with Gasteiger partial charge in [0.05, 0.1) is 18.8 Å². The number of amides is 4. The number of urea groups is 1. The summed E-state index contributed by atoms with van der Waals surface area (Å²) in [6.07, 6.45) is -1.91. The number of alkyl halides is 3. The molecule has 11 nitrogen and oxygen atoms in total. The van der Waals surface area contributed by atoms with Gasteiger partial charge >= 0.3 is 12.2 Å². The fourth-order valence-corrected chi connectivity index (χ4v) is 4.55. The first-order valence-corrected chi connectivity index (χ1v) is 12.9. The summed E-state index contributed by atoms with van der Waals surface area (Å²) in [5, 5.41) is 2.51. The molecule has 0 radical (unpaired) electrons. The fourth-order valence-electron chi connectivity index (χ4n) is 4.55. The zero-order chi connectivity index (χ0) is 30.7. The Kier molecular flexibility index (Phi) is 8.59. The number of imide groups is 1. The molecule has 222 valence electrons. The Hall–Kier alpha value is -4.43. The predicted octanol–water partition coefficient (Wildman–Crippen LogP) is 2.12. The van der Waals surface area contributed by atoms with Crippen molar-refractivity contribution in [2.24, 2.45) is 10.7 Å². The first kappa shape index (κ1) is 30.5. The third-order valence-electron chi connectivity index (χ3n) is 6.60. The summed E-state index contributed by atoms with van der Waals surface area (Å²) >= 11 is 0. The Bertz CT molecular complexity index is 1410. The van der Waals surface area contributed by atoms with E-state index in [1.165, 1.54) is 26.1 Å². The van der Waals surface area contributed by atoms with Crippen LogP contribution in [-0.4, -0.2) is 80.6 Å². The molecule has 2 atom stereocenters. The number of hydrogen-bond acceptors (Lipinski definition) is 8. The van der Waals surface area contributed by atoms with Gasteiger partial charge in [0.1, 0.15) is 18.3 Å². The number of halogens is 3. The number of fused-ring (bicyclic) bond motifs is 1. The summed E-state index contributed by atoms with van der Waals surface area (Å²) in [6.45, 7) is 0.609. The maximum Gasteiger partial charge on any atom is 0.406 e. The highest BCUT2D eigenvalue weighted by Crippen LogP contribution is 2.37. The van der Waals surface area contributed by atoms with E-state index < -0.39 is 72.2 Å². The summed E-state index contributed by atoms with van der Waals surface area (Å²) in [5.41, 5.74) is 2.62. The highest BCUT2D eigenvalue weighted by molar-refractivity contribution is 6.51. The van der Waals surface area contributed by atoms with Crippen molar-refractivity contribution < 1.29 is 37.1 Å². The van der Waals surface area contributed by atoms with Crippen molar-refractivity contribution in [1.82, 2.24) is 20.1 Å². The van der Waals surface area contributed by atoms with Crippen LogP contribution < -0.4 is 11.1 Å². The van der Waals surface area contributed by atoms with Crippen molar-refractivity contribution in [3.05, 3.63) is 78.4 Å². The summed E-state index contributed by atoms with van der Waals surface area (Å²) < 4.78 is 46.0. The number of hydrogen-bond donors (Lipinski definition) is 2. The van der Waals surface area contributed by atoms with Crippen LogP contribution in [0, 0.1) is 0 Å². The van der Waals surface area contributed by atoms with E-state index in [4.69, 9.17) is 10.5 Å². The van der Waals surface area contributed by atoms with Gasteiger partial charge in [-0.25, -0.2) is 4.79 Å². The topological polar surface area (TPSA) is 147 Å². The quantitative estimate of drug-likeness (QED) is 0.384. The average molecular weight is 587 g/mol. The van der Waals surface area contributed by atoms with Crippen LogP contribution in [0.4, 0.5) is 18.0 Å². The molecule has 0 spiro atoms. The molecule has 2 aliphatic rings. The number of carbonyl (C=O) groups is 4. The normalized spacial score (nSPS) is 19.4. The molecule has 0 unspecified atom stereocenters. The molecule has 1 fully saturated rings. The number of ketones is 1. The van der Waals surface area contributed by atoms with E-state index in [1.807, 2.05) is 6.07 Å². The van der Waals surface area contributed by atoms with Crippen molar-refractivity contribution >= 4 is 29.3 Å². The predicted molar refractivity (Wildman–Crippen MR) is 144 cm³/mol. The van der Waals surface area contributed by atoms with Crippen molar-refractivity contribution in [2.45, 2.75) is 50.2 Å². The number of rotatable bonds is 11. The van der Waals surface area contributed by atoms with Crippen LogP contribution in [0.25, 0.3) is 0 Å². The highest BCUT2D eigenvalue weighted by Gasteiger charge is 2.64. The second-order valence-corrected chi connectivity index (χ2v) is 10.4.